The van der Waals surface area contributed by atoms with Gasteiger partial charge in [-0.1, -0.05) is 12.1 Å². The van der Waals surface area contributed by atoms with Gasteiger partial charge in [0.25, 0.3) is 0 Å². The number of anilines is 1. The molecule has 0 amide bonds. The predicted octanol–water partition coefficient (Wildman–Crippen LogP) is 4.53. The van der Waals surface area contributed by atoms with Gasteiger partial charge in [0.15, 0.2) is 0 Å². The van der Waals surface area contributed by atoms with E-state index in [-0.39, 0.29) is 11.9 Å². The van der Waals surface area contributed by atoms with Gasteiger partial charge in [-0.2, -0.15) is 0 Å². The van der Waals surface area contributed by atoms with Crippen molar-refractivity contribution in [2.24, 2.45) is 0 Å². The number of aryl methyl sites for hydroxylation is 1. The van der Waals surface area contributed by atoms with Crippen molar-refractivity contribution in [2.75, 3.05) is 5.32 Å². The summed E-state index contributed by atoms with van der Waals surface area (Å²) in [5.41, 5.74) is 2.80. The van der Waals surface area contributed by atoms with Crippen molar-refractivity contribution in [3.05, 3.63) is 59.4 Å². The highest BCUT2D eigenvalue weighted by Gasteiger charge is 2.01. The molecule has 2 aromatic rings. The fourth-order valence-corrected chi connectivity index (χ4v) is 2.04. The maximum Gasteiger partial charge on any atom is 0.125 e. The molecule has 0 aliphatic rings. The molecule has 106 valence electrons. The zero-order chi connectivity index (χ0) is 14.5. The molecule has 3 heteroatoms. The second-order valence-electron chi connectivity index (χ2n) is 5.18. The van der Waals surface area contributed by atoms with E-state index in [9.17, 15) is 4.39 Å². The topological polar surface area (TPSA) is 21.3 Å². The number of hydrogen-bond acceptors (Lipinski definition) is 2. The van der Waals surface area contributed by atoms with Gasteiger partial charge in [0.2, 0.25) is 0 Å². The molecule has 2 aromatic carbocycles. The summed E-state index contributed by atoms with van der Waals surface area (Å²) < 4.78 is 19.0. The highest BCUT2D eigenvalue weighted by Crippen LogP contribution is 2.18. The van der Waals surface area contributed by atoms with Crippen molar-refractivity contribution < 1.29 is 9.13 Å². The first-order valence-electron chi connectivity index (χ1n) is 6.79. The van der Waals surface area contributed by atoms with Crippen LogP contribution in [-0.2, 0) is 6.54 Å². The molecule has 0 saturated carbocycles. The van der Waals surface area contributed by atoms with E-state index in [1.54, 1.807) is 0 Å². The van der Waals surface area contributed by atoms with E-state index >= 15 is 0 Å². The molecule has 0 aliphatic heterocycles. The normalized spacial score (nSPS) is 10.7. The summed E-state index contributed by atoms with van der Waals surface area (Å²) in [6.45, 7) is 6.52. The van der Waals surface area contributed by atoms with Crippen molar-refractivity contribution in [1.82, 2.24) is 0 Å². The van der Waals surface area contributed by atoms with Gasteiger partial charge in [-0.3, -0.25) is 0 Å². The molecule has 0 spiro atoms. The Kier molecular flexibility index (Phi) is 4.61. The van der Waals surface area contributed by atoms with Crippen LogP contribution in [-0.4, -0.2) is 6.10 Å². The van der Waals surface area contributed by atoms with Crippen LogP contribution in [0.4, 0.5) is 10.1 Å². The summed E-state index contributed by atoms with van der Waals surface area (Å²) in [5, 5.41) is 3.23. The molecule has 0 unspecified atom stereocenters. The Labute approximate surface area is 119 Å². The van der Waals surface area contributed by atoms with Crippen LogP contribution < -0.4 is 10.1 Å². The Hall–Kier alpha value is -2.03. The van der Waals surface area contributed by atoms with Gasteiger partial charge in [-0.05, 0) is 62.2 Å². The molecular formula is C17H20FNO. The fourth-order valence-electron chi connectivity index (χ4n) is 2.04. The van der Waals surface area contributed by atoms with Gasteiger partial charge in [0, 0.05) is 12.2 Å². The van der Waals surface area contributed by atoms with Crippen LogP contribution >= 0.6 is 0 Å². The molecule has 0 fully saturated rings. The Morgan fingerprint density at radius 2 is 1.95 bits per heavy atom. The number of rotatable bonds is 5. The second-order valence-corrected chi connectivity index (χ2v) is 5.18. The van der Waals surface area contributed by atoms with E-state index in [1.165, 1.54) is 12.1 Å². The SMILES string of the molecule is Cc1cc(F)cc(NCc2cccc(OC(C)C)c2)c1. The third kappa shape index (κ3) is 4.26. The largest absolute Gasteiger partial charge is 0.491 e. The lowest BCUT2D eigenvalue weighted by Gasteiger charge is -2.12. The second kappa shape index (κ2) is 6.42. The van der Waals surface area contributed by atoms with E-state index in [2.05, 4.69) is 5.32 Å². The lowest BCUT2D eigenvalue weighted by molar-refractivity contribution is 0.242. The van der Waals surface area contributed by atoms with E-state index in [0.29, 0.717) is 6.54 Å². The van der Waals surface area contributed by atoms with E-state index in [1.807, 2.05) is 51.1 Å². The van der Waals surface area contributed by atoms with Crippen molar-refractivity contribution in [3.8, 4) is 5.75 Å². The van der Waals surface area contributed by atoms with E-state index in [0.717, 1.165) is 22.6 Å². The first-order chi connectivity index (χ1) is 9.52. The molecule has 2 nitrogen and oxygen atoms in total. The monoisotopic (exact) mass is 273 g/mol. The fraction of sp³-hybridized carbons (Fsp3) is 0.294. The van der Waals surface area contributed by atoms with Gasteiger partial charge in [-0.15, -0.1) is 0 Å². The van der Waals surface area contributed by atoms with Gasteiger partial charge in [-0.25, -0.2) is 4.39 Å². The predicted molar refractivity (Wildman–Crippen MR) is 80.7 cm³/mol. The van der Waals surface area contributed by atoms with Crippen molar-refractivity contribution in [3.63, 3.8) is 0 Å². The highest BCUT2D eigenvalue weighted by molar-refractivity contribution is 5.46. The number of ether oxygens (including phenoxy) is 1. The molecule has 0 aromatic heterocycles. The summed E-state index contributed by atoms with van der Waals surface area (Å²) in [6.07, 6.45) is 0.157. The standard InChI is InChI=1S/C17H20FNO/c1-12(2)20-17-6-4-5-14(9-17)11-19-16-8-13(3)7-15(18)10-16/h4-10,12,19H,11H2,1-3H3. The van der Waals surface area contributed by atoms with Crippen LogP contribution in [0.3, 0.4) is 0 Å². The molecule has 0 radical (unpaired) electrons. The average Bonchev–Trinajstić information content (AvgIpc) is 2.35. The van der Waals surface area contributed by atoms with Crippen LogP contribution in [0.25, 0.3) is 0 Å². The third-order valence-corrected chi connectivity index (χ3v) is 2.81. The van der Waals surface area contributed by atoms with Crippen molar-refractivity contribution in [2.45, 2.75) is 33.4 Å². The number of benzene rings is 2. The minimum Gasteiger partial charge on any atom is -0.491 e. The van der Waals surface area contributed by atoms with E-state index < -0.39 is 0 Å². The minimum absolute atomic E-state index is 0.157. The molecule has 0 heterocycles. The van der Waals surface area contributed by atoms with Crippen LogP contribution in [0.2, 0.25) is 0 Å². The Balaban J connectivity index is 2.03. The molecule has 0 atom stereocenters. The smallest absolute Gasteiger partial charge is 0.125 e. The molecule has 0 saturated heterocycles. The van der Waals surface area contributed by atoms with Gasteiger partial charge < -0.3 is 10.1 Å². The summed E-state index contributed by atoms with van der Waals surface area (Å²) >= 11 is 0. The zero-order valence-corrected chi connectivity index (χ0v) is 12.1. The molecule has 2 rings (SSSR count). The number of nitrogens with one attached hydrogen (secondary N) is 1. The molecule has 20 heavy (non-hydrogen) atoms. The Morgan fingerprint density at radius 3 is 2.65 bits per heavy atom. The van der Waals surface area contributed by atoms with Crippen LogP contribution in [0.15, 0.2) is 42.5 Å². The van der Waals surface area contributed by atoms with Gasteiger partial charge >= 0.3 is 0 Å². The number of halogens is 1. The van der Waals surface area contributed by atoms with Crippen molar-refractivity contribution in [1.29, 1.82) is 0 Å². The maximum absolute atomic E-state index is 13.3. The van der Waals surface area contributed by atoms with Crippen LogP contribution in [0, 0.1) is 12.7 Å². The van der Waals surface area contributed by atoms with Gasteiger partial charge in [0.1, 0.15) is 11.6 Å². The Morgan fingerprint density at radius 1 is 1.15 bits per heavy atom. The first-order valence-corrected chi connectivity index (χ1v) is 6.79. The zero-order valence-electron chi connectivity index (χ0n) is 12.1. The van der Waals surface area contributed by atoms with Crippen LogP contribution in [0.1, 0.15) is 25.0 Å². The highest BCUT2D eigenvalue weighted by atomic mass is 19.1. The molecule has 0 bridgehead atoms. The maximum atomic E-state index is 13.3. The first kappa shape index (κ1) is 14.4. The summed E-state index contributed by atoms with van der Waals surface area (Å²) in [5.74, 6) is 0.638. The van der Waals surface area contributed by atoms with Gasteiger partial charge in [0.05, 0.1) is 6.10 Å². The Bertz CT molecular complexity index is 561. The summed E-state index contributed by atoms with van der Waals surface area (Å²) in [7, 11) is 0. The summed E-state index contributed by atoms with van der Waals surface area (Å²) in [6, 6.07) is 12.9. The lowest BCUT2D eigenvalue weighted by atomic mass is 10.2. The quantitative estimate of drug-likeness (QED) is 0.864. The molecular weight excluding hydrogens is 253 g/mol. The molecule has 1 N–H and O–H groups in total. The minimum atomic E-state index is -0.218. The average molecular weight is 273 g/mol. The summed E-state index contributed by atoms with van der Waals surface area (Å²) in [4.78, 5) is 0. The van der Waals surface area contributed by atoms with Crippen molar-refractivity contribution >= 4 is 5.69 Å². The molecule has 0 aliphatic carbocycles. The lowest BCUT2D eigenvalue weighted by Crippen LogP contribution is -2.06. The van der Waals surface area contributed by atoms with Crippen LogP contribution in [0.5, 0.6) is 5.75 Å². The number of hydrogen-bond donors (Lipinski definition) is 1. The third-order valence-electron chi connectivity index (χ3n) is 2.81. The van der Waals surface area contributed by atoms with E-state index in [4.69, 9.17) is 4.74 Å².